The van der Waals surface area contributed by atoms with Crippen LogP contribution in [0.2, 0.25) is 0 Å². The summed E-state index contributed by atoms with van der Waals surface area (Å²) in [6, 6.07) is 0. The normalized spacial score (nSPS) is 10.5. The SMILES string of the molecule is CCCSCc1nc(CC)c(C(N)=S)s1. The summed E-state index contributed by atoms with van der Waals surface area (Å²) >= 11 is 8.56. The number of hydrogen-bond donors (Lipinski definition) is 1. The second-order valence-corrected chi connectivity index (χ2v) is 5.78. The fourth-order valence-electron chi connectivity index (χ4n) is 1.20. The second kappa shape index (κ2) is 6.45. The van der Waals surface area contributed by atoms with Gasteiger partial charge in [0.15, 0.2) is 0 Å². The summed E-state index contributed by atoms with van der Waals surface area (Å²) in [5.41, 5.74) is 6.71. The minimum atomic E-state index is 0.482. The maximum Gasteiger partial charge on any atom is 0.116 e. The van der Waals surface area contributed by atoms with Crippen LogP contribution in [0.3, 0.4) is 0 Å². The van der Waals surface area contributed by atoms with Gasteiger partial charge in [-0.15, -0.1) is 11.3 Å². The van der Waals surface area contributed by atoms with E-state index < -0.39 is 0 Å². The van der Waals surface area contributed by atoms with Gasteiger partial charge < -0.3 is 5.73 Å². The van der Waals surface area contributed by atoms with Gasteiger partial charge in [0.1, 0.15) is 10.00 Å². The van der Waals surface area contributed by atoms with Crippen molar-refractivity contribution in [2.24, 2.45) is 5.73 Å². The highest BCUT2D eigenvalue weighted by atomic mass is 32.2. The molecule has 1 rings (SSSR count). The minimum absolute atomic E-state index is 0.482. The number of aromatic nitrogens is 1. The van der Waals surface area contributed by atoms with E-state index in [9.17, 15) is 0 Å². The Morgan fingerprint density at radius 3 is 2.73 bits per heavy atom. The molecule has 0 aliphatic heterocycles. The first-order valence-corrected chi connectivity index (χ1v) is 7.43. The largest absolute Gasteiger partial charge is 0.389 e. The van der Waals surface area contributed by atoms with Crippen molar-refractivity contribution in [3.05, 3.63) is 15.6 Å². The molecular formula is C10H16N2S3. The van der Waals surface area contributed by atoms with Gasteiger partial charge in [0.25, 0.3) is 0 Å². The lowest BCUT2D eigenvalue weighted by molar-refractivity contribution is 1.03. The highest BCUT2D eigenvalue weighted by Gasteiger charge is 2.11. The molecule has 0 atom stereocenters. The molecule has 0 unspecified atom stereocenters. The molecule has 0 bridgehead atoms. The van der Waals surface area contributed by atoms with E-state index in [1.165, 1.54) is 12.2 Å². The molecular weight excluding hydrogens is 244 g/mol. The van der Waals surface area contributed by atoms with E-state index in [0.29, 0.717) is 4.99 Å². The van der Waals surface area contributed by atoms with E-state index in [4.69, 9.17) is 18.0 Å². The van der Waals surface area contributed by atoms with Crippen molar-refractivity contribution in [2.45, 2.75) is 32.4 Å². The van der Waals surface area contributed by atoms with E-state index in [2.05, 4.69) is 18.8 Å². The van der Waals surface area contributed by atoms with Gasteiger partial charge in [-0.05, 0) is 18.6 Å². The van der Waals surface area contributed by atoms with E-state index in [-0.39, 0.29) is 0 Å². The summed E-state index contributed by atoms with van der Waals surface area (Å²) in [5.74, 6) is 2.16. The molecule has 0 saturated carbocycles. The van der Waals surface area contributed by atoms with Crippen molar-refractivity contribution in [1.82, 2.24) is 4.98 Å². The Kier molecular flexibility index (Phi) is 5.56. The number of nitrogens with zero attached hydrogens (tertiary/aromatic N) is 1. The predicted octanol–water partition coefficient (Wildman–Crippen LogP) is 2.98. The van der Waals surface area contributed by atoms with Crippen molar-refractivity contribution in [1.29, 1.82) is 0 Å². The molecule has 1 aromatic heterocycles. The molecule has 1 heterocycles. The standard InChI is InChI=1S/C10H16N2S3/c1-3-5-14-6-8-12-7(4-2)9(15-8)10(11)13/h3-6H2,1-2H3,(H2,11,13). The summed E-state index contributed by atoms with van der Waals surface area (Å²) in [7, 11) is 0. The number of thioether (sulfide) groups is 1. The Labute approximate surface area is 105 Å². The molecule has 84 valence electrons. The number of thiocarbonyl (C=S) groups is 1. The number of hydrogen-bond acceptors (Lipinski definition) is 4. The third-order valence-electron chi connectivity index (χ3n) is 1.87. The molecule has 0 saturated heterocycles. The lowest BCUT2D eigenvalue weighted by atomic mass is 10.3. The molecule has 5 heteroatoms. The van der Waals surface area contributed by atoms with Crippen LogP contribution >= 0.6 is 35.3 Å². The summed E-state index contributed by atoms with van der Waals surface area (Å²) in [6.45, 7) is 4.27. The van der Waals surface area contributed by atoms with Crippen LogP contribution in [0.5, 0.6) is 0 Å². The molecule has 0 spiro atoms. The van der Waals surface area contributed by atoms with Gasteiger partial charge in [0, 0.05) is 5.75 Å². The Morgan fingerprint density at radius 2 is 2.27 bits per heavy atom. The fourth-order valence-corrected chi connectivity index (χ4v) is 3.40. The first kappa shape index (κ1) is 12.9. The second-order valence-electron chi connectivity index (χ2n) is 3.15. The van der Waals surface area contributed by atoms with Gasteiger partial charge in [-0.25, -0.2) is 4.98 Å². The zero-order valence-electron chi connectivity index (χ0n) is 9.08. The number of nitrogens with two attached hydrogens (primary N) is 1. The Balaban J connectivity index is 2.70. The lowest BCUT2D eigenvalue weighted by Gasteiger charge is -1.93. The third kappa shape index (κ3) is 3.74. The van der Waals surface area contributed by atoms with Crippen molar-refractivity contribution in [3.63, 3.8) is 0 Å². The van der Waals surface area contributed by atoms with Gasteiger partial charge >= 0.3 is 0 Å². The predicted molar refractivity (Wildman–Crippen MR) is 73.8 cm³/mol. The van der Waals surface area contributed by atoms with E-state index in [0.717, 1.165) is 27.8 Å². The zero-order valence-corrected chi connectivity index (χ0v) is 11.5. The van der Waals surface area contributed by atoms with Gasteiger partial charge in [0.2, 0.25) is 0 Å². The van der Waals surface area contributed by atoms with Crippen LogP contribution in [-0.2, 0) is 12.2 Å². The smallest absolute Gasteiger partial charge is 0.116 e. The van der Waals surface area contributed by atoms with Crippen LogP contribution in [0.25, 0.3) is 0 Å². The Bertz CT molecular complexity index is 333. The van der Waals surface area contributed by atoms with E-state index in [1.807, 2.05) is 11.8 Å². The summed E-state index contributed by atoms with van der Waals surface area (Å²) < 4.78 is 0. The summed E-state index contributed by atoms with van der Waals surface area (Å²) in [6.07, 6.45) is 2.11. The number of aryl methyl sites for hydroxylation is 1. The van der Waals surface area contributed by atoms with Gasteiger partial charge in [-0.2, -0.15) is 11.8 Å². The summed E-state index contributed by atoms with van der Waals surface area (Å²) in [5, 5.41) is 1.15. The summed E-state index contributed by atoms with van der Waals surface area (Å²) in [4.78, 5) is 6.03. The first-order chi connectivity index (χ1) is 7.19. The van der Waals surface area contributed by atoms with Crippen LogP contribution in [0, 0.1) is 0 Å². The van der Waals surface area contributed by atoms with E-state index >= 15 is 0 Å². The van der Waals surface area contributed by atoms with Crippen LogP contribution in [0.1, 0.15) is 35.8 Å². The molecule has 0 aromatic carbocycles. The van der Waals surface area contributed by atoms with Crippen LogP contribution in [0.15, 0.2) is 0 Å². The molecule has 2 N–H and O–H groups in total. The third-order valence-corrected chi connectivity index (χ3v) is 4.70. The highest BCUT2D eigenvalue weighted by Crippen LogP contribution is 2.23. The molecule has 0 aliphatic carbocycles. The molecule has 0 radical (unpaired) electrons. The fraction of sp³-hybridized carbons (Fsp3) is 0.600. The average molecular weight is 260 g/mol. The molecule has 0 amide bonds. The van der Waals surface area contributed by atoms with Crippen molar-refractivity contribution >= 4 is 40.3 Å². The molecule has 15 heavy (non-hydrogen) atoms. The van der Waals surface area contributed by atoms with Crippen molar-refractivity contribution in [2.75, 3.05) is 5.75 Å². The first-order valence-electron chi connectivity index (χ1n) is 5.05. The lowest BCUT2D eigenvalue weighted by Crippen LogP contribution is -2.09. The van der Waals surface area contributed by atoms with Crippen LogP contribution in [0.4, 0.5) is 0 Å². The van der Waals surface area contributed by atoms with Crippen LogP contribution in [-0.4, -0.2) is 15.7 Å². The molecule has 1 aromatic rings. The van der Waals surface area contributed by atoms with E-state index in [1.54, 1.807) is 11.3 Å². The minimum Gasteiger partial charge on any atom is -0.389 e. The topological polar surface area (TPSA) is 38.9 Å². The Hall–Kier alpha value is -0.130. The highest BCUT2D eigenvalue weighted by molar-refractivity contribution is 7.98. The maximum absolute atomic E-state index is 5.65. The zero-order chi connectivity index (χ0) is 11.3. The maximum atomic E-state index is 5.65. The van der Waals surface area contributed by atoms with Gasteiger partial charge in [-0.3, -0.25) is 0 Å². The van der Waals surface area contributed by atoms with Crippen LogP contribution < -0.4 is 5.73 Å². The van der Waals surface area contributed by atoms with Crippen molar-refractivity contribution in [3.8, 4) is 0 Å². The monoisotopic (exact) mass is 260 g/mol. The Morgan fingerprint density at radius 1 is 1.53 bits per heavy atom. The van der Waals surface area contributed by atoms with Gasteiger partial charge in [-0.1, -0.05) is 26.1 Å². The molecule has 0 aliphatic rings. The number of thiazole rings is 1. The average Bonchev–Trinajstić information content (AvgIpc) is 2.62. The van der Waals surface area contributed by atoms with Gasteiger partial charge in [0.05, 0.1) is 10.6 Å². The van der Waals surface area contributed by atoms with Crippen molar-refractivity contribution < 1.29 is 0 Å². The molecule has 2 nitrogen and oxygen atoms in total. The quantitative estimate of drug-likeness (QED) is 0.630. The number of rotatable bonds is 6. The molecule has 0 fully saturated rings.